The Kier molecular flexibility index (Phi) is 5.56. The number of benzene rings is 2. The summed E-state index contributed by atoms with van der Waals surface area (Å²) >= 11 is 0. The van der Waals surface area contributed by atoms with Crippen molar-refractivity contribution in [2.75, 3.05) is 13.1 Å². The molecule has 4 N–H and O–H groups in total. The number of carbonyl (C=O) groups is 2. The van der Waals surface area contributed by atoms with Crippen LogP contribution in [0.5, 0.6) is 11.5 Å². The van der Waals surface area contributed by atoms with Crippen molar-refractivity contribution in [2.45, 2.75) is 32.4 Å². The second kappa shape index (κ2) is 7.90. The number of rotatable bonds is 4. The average molecular weight is 384 g/mol. The van der Waals surface area contributed by atoms with Crippen LogP contribution in [0.25, 0.3) is 0 Å². The van der Waals surface area contributed by atoms with E-state index in [4.69, 9.17) is 0 Å². The van der Waals surface area contributed by atoms with Crippen LogP contribution in [-0.4, -0.2) is 57.3 Å². The van der Waals surface area contributed by atoms with Crippen molar-refractivity contribution in [3.63, 3.8) is 0 Å². The van der Waals surface area contributed by atoms with Crippen LogP contribution in [0, 0.1) is 13.8 Å². The van der Waals surface area contributed by atoms with Crippen molar-refractivity contribution in [3.05, 3.63) is 58.7 Å². The number of aromatic hydroxyl groups is 2. The molecule has 1 heterocycles. The van der Waals surface area contributed by atoms with Crippen LogP contribution in [0.3, 0.4) is 0 Å². The Morgan fingerprint density at radius 3 is 2.18 bits per heavy atom. The first-order chi connectivity index (χ1) is 13.3. The van der Waals surface area contributed by atoms with Gasteiger partial charge in [-0.15, -0.1) is 0 Å². The Balaban J connectivity index is 1.71. The van der Waals surface area contributed by atoms with Gasteiger partial charge in [-0.2, -0.15) is 0 Å². The fourth-order valence-corrected chi connectivity index (χ4v) is 3.45. The largest absolute Gasteiger partial charge is 0.507 e. The number of hydrogen-bond donors (Lipinski definition) is 4. The molecule has 1 aliphatic heterocycles. The maximum absolute atomic E-state index is 12.8. The van der Waals surface area contributed by atoms with Gasteiger partial charge in [-0.3, -0.25) is 9.59 Å². The molecule has 0 aliphatic carbocycles. The number of carbonyl (C=O) groups excluding carboxylic acids is 2. The number of nitrogens with zero attached hydrogens (tertiary/aromatic N) is 1. The molecular weight excluding hydrogens is 360 g/mol. The molecule has 7 heteroatoms. The summed E-state index contributed by atoms with van der Waals surface area (Å²) in [6.07, 6.45) is -0.385. The molecule has 1 aliphatic rings. The molecule has 0 bridgehead atoms. The van der Waals surface area contributed by atoms with E-state index in [9.17, 15) is 24.9 Å². The van der Waals surface area contributed by atoms with Crippen molar-refractivity contribution >= 4 is 11.8 Å². The highest BCUT2D eigenvalue weighted by atomic mass is 16.3. The Bertz CT molecular complexity index is 912. The lowest BCUT2D eigenvalue weighted by molar-refractivity contribution is 0.0704. The number of phenolic OH excluding ortho intramolecular Hbond substituents is 2. The number of aliphatic hydroxyl groups is 1. The summed E-state index contributed by atoms with van der Waals surface area (Å²) in [5.41, 5.74) is 1.98. The van der Waals surface area contributed by atoms with Crippen LogP contribution >= 0.6 is 0 Å². The molecule has 1 saturated heterocycles. The molecule has 28 heavy (non-hydrogen) atoms. The predicted molar refractivity (Wildman–Crippen MR) is 103 cm³/mol. The molecule has 2 amide bonds. The highest BCUT2D eigenvalue weighted by molar-refractivity contribution is 5.98. The van der Waals surface area contributed by atoms with E-state index in [1.807, 2.05) is 13.8 Å². The van der Waals surface area contributed by atoms with Crippen LogP contribution in [0.4, 0.5) is 0 Å². The van der Waals surface area contributed by atoms with E-state index in [0.717, 1.165) is 11.1 Å². The number of β-amino-alcohol motifs (C(OH)–C–C–N with tert-alkyl or cyclic N) is 1. The summed E-state index contributed by atoms with van der Waals surface area (Å²) < 4.78 is 0. The van der Waals surface area contributed by atoms with Gasteiger partial charge in [0.05, 0.1) is 23.3 Å². The Morgan fingerprint density at radius 1 is 1.04 bits per heavy atom. The van der Waals surface area contributed by atoms with Crippen LogP contribution in [0.15, 0.2) is 36.4 Å². The zero-order valence-corrected chi connectivity index (χ0v) is 15.8. The van der Waals surface area contributed by atoms with Gasteiger partial charge in [0.25, 0.3) is 11.8 Å². The van der Waals surface area contributed by atoms with Crippen LogP contribution in [0.2, 0.25) is 0 Å². The molecule has 3 rings (SSSR count). The molecule has 148 valence electrons. The molecule has 0 radical (unpaired) electrons. The summed E-state index contributed by atoms with van der Waals surface area (Å²) in [5, 5.41) is 32.8. The van der Waals surface area contributed by atoms with Crippen molar-refractivity contribution in [3.8, 4) is 11.5 Å². The topological polar surface area (TPSA) is 110 Å². The van der Waals surface area contributed by atoms with Gasteiger partial charge in [0.15, 0.2) is 0 Å². The minimum atomic E-state index is -0.703. The van der Waals surface area contributed by atoms with Crippen molar-refractivity contribution in [2.24, 2.45) is 0 Å². The van der Waals surface area contributed by atoms with Crippen molar-refractivity contribution < 1.29 is 24.9 Å². The Morgan fingerprint density at radius 2 is 1.61 bits per heavy atom. The summed E-state index contributed by atoms with van der Waals surface area (Å²) in [6.45, 7) is 3.88. The second-order valence-corrected chi connectivity index (χ2v) is 7.25. The Labute approximate surface area is 163 Å². The van der Waals surface area contributed by atoms with E-state index in [1.165, 1.54) is 23.1 Å². The van der Waals surface area contributed by atoms with E-state index >= 15 is 0 Å². The molecule has 7 nitrogen and oxygen atoms in total. The van der Waals surface area contributed by atoms with Crippen molar-refractivity contribution in [1.29, 1.82) is 0 Å². The smallest absolute Gasteiger partial charge is 0.258 e. The van der Waals surface area contributed by atoms with Gasteiger partial charge in [0, 0.05) is 13.1 Å². The summed E-state index contributed by atoms with van der Waals surface area (Å²) in [4.78, 5) is 26.7. The fourth-order valence-electron chi connectivity index (χ4n) is 3.45. The first-order valence-electron chi connectivity index (χ1n) is 9.12. The van der Waals surface area contributed by atoms with Gasteiger partial charge >= 0.3 is 0 Å². The maximum atomic E-state index is 12.8. The molecule has 0 saturated carbocycles. The fraction of sp³-hybridized carbons (Fsp3) is 0.333. The molecule has 1 fully saturated rings. The van der Waals surface area contributed by atoms with Crippen LogP contribution < -0.4 is 5.32 Å². The van der Waals surface area contributed by atoms with Gasteiger partial charge in [0.1, 0.15) is 11.5 Å². The molecule has 2 aromatic carbocycles. The van der Waals surface area contributed by atoms with E-state index in [1.54, 1.807) is 18.2 Å². The van der Waals surface area contributed by atoms with E-state index < -0.39 is 24.0 Å². The third kappa shape index (κ3) is 4.09. The van der Waals surface area contributed by atoms with Crippen LogP contribution in [0.1, 0.15) is 38.3 Å². The van der Waals surface area contributed by atoms with Gasteiger partial charge < -0.3 is 25.5 Å². The molecule has 2 atom stereocenters. The van der Waals surface area contributed by atoms with Gasteiger partial charge in [-0.25, -0.2) is 0 Å². The normalized spacial score (nSPS) is 18.9. The zero-order chi connectivity index (χ0) is 20.4. The van der Waals surface area contributed by atoms with Gasteiger partial charge in [0.2, 0.25) is 0 Å². The van der Waals surface area contributed by atoms with E-state index in [2.05, 4.69) is 5.32 Å². The van der Waals surface area contributed by atoms with E-state index in [0.29, 0.717) is 6.42 Å². The number of phenols is 2. The third-order valence-electron chi connectivity index (χ3n) is 4.93. The lowest BCUT2D eigenvalue weighted by Gasteiger charge is -2.25. The monoisotopic (exact) mass is 384 g/mol. The third-order valence-corrected chi connectivity index (χ3v) is 4.93. The highest BCUT2D eigenvalue weighted by Gasteiger charge is 2.35. The summed E-state index contributed by atoms with van der Waals surface area (Å²) in [5.74, 6) is -1.07. The number of aliphatic hydroxyl groups excluding tert-OH is 1. The summed E-state index contributed by atoms with van der Waals surface area (Å²) in [6, 6.07) is 9.15. The van der Waals surface area contributed by atoms with Crippen molar-refractivity contribution in [1.82, 2.24) is 10.2 Å². The van der Waals surface area contributed by atoms with Gasteiger partial charge in [-0.1, -0.05) is 12.1 Å². The minimum Gasteiger partial charge on any atom is -0.507 e. The zero-order valence-electron chi connectivity index (χ0n) is 15.8. The first-order valence-corrected chi connectivity index (χ1v) is 9.12. The highest BCUT2D eigenvalue weighted by Crippen LogP contribution is 2.26. The second-order valence-electron chi connectivity index (χ2n) is 7.25. The number of likely N-dealkylation sites (tertiary alicyclic amines) is 1. The quantitative estimate of drug-likeness (QED) is 0.642. The predicted octanol–water partition coefficient (Wildman–Crippen LogP) is 1.72. The Hall–Kier alpha value is -3.06. The molecule has 0 aromatic heterocycles. The maximum Gasteiger partial charge on any atom is 0.258 e. The lowest BCUT2D eigenvalue weighted by Crippen LogP contribution is -2.43. The number of hydrogen-bond acceptors (Lipinski definition) is 5. The average Bonchev–Trinajstić information content (AvgIpc) is 3.00. The first kappa shape index (κ1) is 19.7. The molecule has 2 aromatic rings. The van der Waals surface area contributed by atoms with Crippen LogP contribution in [-0.2, 0) is 0 Å². The molecule has 0 spiro atoms. The minimum absolute atomic E-state index is 0.110. The van der Waals surface area contributed by atoms with E-state index in [-0.39, 0.29) is 35.7 Å². The number of amides is 2. The SMILES string of the molecule is Cc1ccc(C(=O)NC[C@@H]2C[C@@H](O)CN2C(=O)c2ccc(C)cc2O)c(O)c1. The summed E-state index contributed by atoms with van der Waals surface area (Å²) in [7, 11) is 0. The van der Waals surface area contributed by atoms with Gasteiger partial charge in [-0.05, 0) is 55.7 Å². The number of nitrogens with one attached hydrogen (secondary N) is 1. The lowest BCUT2D eigenvalue weighted by atomic mass is 10.1. The standard InChI is InChI=1S/C21H24N2O5/c1-12-3-5-16(18(25)7-12)20(27)22-10-14-9-15(24)11-23(14)21(28)17-6-4-13(2)8-19(17)26/h3-8,14-15,24-26H,9-11H2,1-2H3,(H,22,27)/t14-,15+/m0/s1. The molecular formula is C21H24N2O5. The number of aryl methyl sites for hydroxylation is 2. The molecule has 0 unspecified atom stereocenters.